The zero-order valence-corrected chi connectivity index (χ0v) is 11.2. The molecule has 21 heavy (non-hydrogen) atoms. The van der Waals surface area contributed by atoms with Gasteiger partial charge in [0.15, 0.2) is 0 Å². The van der Waals surface area contributed by atoms with E-state index in [0.29, 0.717) is 11.3 Å². The van der Waals surface area contributed by atoms with Crippen LogP contribution in [0.5, 0.6) is 0 Å². The van der Waals surface area contributed by atoms with Gasteiger partial charge in [-0.3, -0.25) is 4.79 Å². The van der Waals surface area contributed by atoms with Crippen LogP contribution in [0.25, 0.3) is 5.69 Å². The molecule has 0 spiro atoms. The van der Waals surface area contributed by atoms with Gasteiger partial charge in [-0.2, -0.15) is 0 Å². The zero-order chi connectivity index (χ0) is 14.7. The number of rotatable bonds is 3. The van der Waals surface area contributed by atoms with Crippen LogP contribution >= 0.6 is 0 Å². The average molecular weight is 280 g/mol. The van der Waals surface area contributed by atoms with Gasteiger partial charge in [0.1, 0.15) is 5.82 Å². The predicted molar refractivity (Wildman–Crippen MR) is 80.1 cm³/mol. The minimum atomic E-state index is -0.427. The van der Waals surface area contributed by atoms with Crippen molar-refractivity contribution in [1.82, 2.24) is 4.57 Å². The molecule has 3 nitrogen and oxygen atoms in total. The van der Waals surface area contributed by atoms with Crippen LogP contribution in [0.1, 0.15) is 10.4 Å². The van der Waals surface area contributed by atoms with Gasteiger partial charge in [0.25, 0.3) is 5.91 Å². The molecule has 0 aliphatic rings. The first-order valence-corrected chi connectivity index (χ1v) is 6.53. The van der Waals surface area contributed by atoms with Crippen molar-refractivity contribution in [3.05, 3.63) is 84.4 Å². The fourth-order valence-electron chi connectivity index (χ4n) is 2.08. The summed E-state index contributed by atoms with van der Waals surface area (Å²) in [5.74, 6) is -0.761. The van der Waals surface area contributed by atoms with Crippen molar-refractivity contribution in [2.24, 2.45) is 0 Å². The molecule has 1 N–H and O–H groups in total. The van der Waals surface area contributed by atoms with Crippen LogP contribution in [0.2, 0.25) is 0 Å². The fourth-order valence-corrected chi connectivity index (χ4v) is 2.08. The van der Waals surface area contributed by atoms with Gasteiger partial charge in [0.2, 0.25) is 0 Å². The van der Waals surface area contributed by atoms with Crippen LogP contribution in [-0.4, -0.2) is 10.5 Å². The summed E-state index contributed by atoms with van der Waals surface area (Å²) >= 11 is 0. The summed E-state index contributed by atoms with van der Waals surface area (Å²) in [4.78, 5) is 12.1. The molecule has 3 rings (SSSR count). The lowest BCUT2D eigenvalue weighted by atomic mass is 10.2. The molecule has 2 aromatic carbocycles. The van der Waals surface area contributed by atoms with E-state index in [-0.39, 0.29) is 5.91 Å². The number of carbonyl (C=O) groups is 1. The maximum absolute atomic E-state index is 13.1. The lowest BCUT2D eigenvalue weighted by Gasteiger charge is -2.08. The molecule has 0 bridgehead atoms. The molecule has 3 aromatic rings. The van der Waals surface area contributed by atoms with E-state index in [1.165, 1.54) is 18.2 Å². The third-order valence-corrected chi connectivity index (χ3v) is 3.09. The molecule has 0 aliphatic heterocycles. The molecule has 1 amide bonds. The average Bonchev–Trinajstić information content (AvgIpc) is 3.02. The molecule has 0 saturated carbocycles. The molecule has 0 fully saturated rings. The molecular weight excluding hydrogens is 267 g/mol. The van der Waals surface area contributed by atoms with E-state index in [1.54, 1.807) is 12.1 Å². The number of hydrogen-bond donors (Lipinski definition) is 1. The minimum absolute atomic E-state index is 0.293. The van der Waals surface area contributed by atoms with Gasteiger partial charge in [-0.25, -0.2) is 4.39 Å². The van der Waals surface area contributed by atoms with Gasteiger partial charge in [-0.05, 0) is 48.5 Å². The third kappa shape index (κ3) is 3.00. The number of aromatic nitrogens is 1. The Hall–Kier alpha value is -2.88. The van der Waals surface area contributed by atoms with E-state index in [4.69, 9.17) is 0 Å². The highest BCUT2D eigenvalue weighted by Crippen LogP contribution is 2.16. The second-order valence-electron chi connectivity index (χ2n) is 4.61. The minimum Gasteiger partial charge on any atom is -0.324 e. The first kappa shape index (κ1) is 13.1. The first-order chi connectivity index (χ1) is 10.2. The van der Waals surface area contributed by atoms with Crippen LogP contribution in [0, 0.1) is 5.82 Å². The van der Waals surface area contributed by atoms with Crippen molar-refractivity contribution in [3.63, 3.8) is 0 Å². The number of amides is 1. The topological polar surface area (TPSA) is 34.0 Å². The molecule has 0 unspecified atom stereocenters. The number of carbonyl (C=O) groups excluding carboxylic acids is 1. The Kier molecular flexibility index (Phi) is 3.51. The Morgan fingerprint density at radius 2 is 1.71 bits per heavy atom. The third-order valence-electron chi connectivity index (χ3n) is 3.09. The van der Waals surface area contributed by atoms with Crippen LogP contribution in [0.3, 0.4) is 0 Å². The van der Waals surface area contributed by atoms with Crippen LogP contribution < -0.4 is 5.32 Å². The number of nitrogens with one attached hydrogen (secondary N) is 1. The summed E-state index contributed by atoms with van der Waals surface area (Å²) in [6.45, 7) is 0. The van der Waals surface area contributed by atoms with E-state index >= 15 is 0 Å². The van der Waals surface area contributed by atoms with Crippen molar-refractivity contribution < 1.29 is 9.18 Å². The highest BCUT2D eigenvalue weighted by Gasteiger charge is 2.07. The summed E-state index contributed by atoms with van der Waals surface area (Å²) in [7, 11) is 0. The van der Waals surface area contributed by atoms with Crippen LogP contribution in [-0.2, 0) is 0 Å². The van der Waals surface area contributed by atoms with Gasteiger partial charge >= 0.3 is 0 Å². The van der Waals surface area contributed by atoms with Gasteiger partial charge in [-0.1, -0.05) is 12.1 Å². The molecule has 4 heteroatoms. The highest BCUT2D eigenvalue weighted by atomic mass is 19.1. The summed E-state index contributed by atoms with van der Waals surface area (Å²) < 4.78 is 15.1. The number of benzene rings is 2. The predicted octanol–water partition coefficient (Wildman–Crippen LogP) is 3.87. The fraction of sp³-hybridized carbons (Fsp3) is 0. The number of nitrogens with zero attached hydrogens (tertiary/aromatic N) is 1. The largest absolute Gasteiger partial charge is 0.324 e. The van der Waals surface area contributed by atoms with Crippen molar-refractivity contribution in [1.29, 1.82) is 0 Å². The second kappa shape index (κ2) is 5.63. The van der Waals surface area contributed by atoms with Gasteiger partial charge < -0.3 is 9.88 Å². The normalized spacial score (nSPS) is 10.3. The maximum atomic E-state index is 13.1. The zero-order valence-electron chi connectivity index (χ0n) is 11.2. The second-order valence-corrected chi connectivity index (χ2v) is 4.61. The molecule has 1 heterocycles. The van der Waals surface area contributed by atoms with Gasteiger partial charge in [0.05, 0.1) is 0 Å². The Labute approximate surface area is 121 Å². The monoisotopic (exact) mass is 280 g/mol. The summed E-state index contributed by atoms with van der Waals surface area (Å²) in [6.07, 6.45) is 3.85. The van der Waals surface area contributed by atoms with Crippen molar-refractivity contribution in [2.45, 2.75) is 0 Å². The Morgan fingerprint density at radius 3 is 2.48 bits per heavy atom. The summed E-state index contributed by atoms with van der Waals surface area (Å²) in [6, 6.07) is 16.9. The van der Waals surface area contributed by atoms with Crippen molar-refractivity contribution >= 4 is 11.6 Å². The van der Waals surface area contributed by atoms with E-state index in [2.05, 4.69) is 5.32 Å². The lowest BCUT2D eigenvalue weighted by Crippen LogP contribution is -2.12. The number of halogens is 1. The molecule has 104 valence electrons. The standard InChI is InChI=1S/C17H13FN2O/c18-14-6-3-5-13(11-14)17(21)19-15-7-4-8-16(12-15)20-9-1-2-10-20/h1-12H,(H,19,21). The van der Waals surface area contributed by atoms with Gasteiger partial charge in [0, 0.05) is 29.3 Å². The summed E-state index contributed by atoms with van der Waals surface area (Å²) in [5.41, 5.74) is 1.90. The molecule has 0 radical (unpaired) electrons. The van der Waals surface area contributed by atoms with Crippen molar-refractivity contribution in [2.75, 3.05) is 5.32 Å². The Balaban J connectivity index is 1.82. The smallest absolute Gasteiger partial charge is 0.255 e. The van der Waals surface area contributed by atoms with Crippen LogP contribution in [0.15, 0.2) is 73.1 Å². The molecule has 1 aromatic heterocycles. The molecule has 0 saturated heterocycles. The number of hydrogen-bond acceptors (Lipinski definition) is 1. The SMILES string of the molecule is O=C(Nc1cccc(-n2cccc2)c1)c1cccc(F)c1. The van der Waals surface area contributed by atoms with E-state index in [1.807, 2.05) is 47.3 Å². The molecule has 0 atom stereocenters. The van der Waals surface area contributed by atoms with E-state index in [9.17, 15) is 9.18 Å². The molecule has 0 aliphatic carbocycles. The quantitative estimate of drug-likeness (QED) is 0.776. The number of anilines is 1. The van der Waals surface area contributed by atoms with E-state index in [0.717, 1.165) is 5.69 Å². The lowest BCUT2D eigenvalue weighted by molar-refractivity contribution is 0.102. The Morgan fingerprint density at radius 1 is 0.952 bits per heavy atom. The summed E-state index contributed by atoms with van der Waals surface area (Å²) in [5, 5.41) is 2.77. The van der Waals surface area contributed by atoms with E-state index < -0.39 is 5.82 Å². The van der Waals surface area contributed by atoms with Crippen molar-refractivity contribution in [3.8, 4) is 5.69 Å². The van der Waals surface area contributed by atoms with Crippen LogP contribution in [0.4, 0.5) is 10.1 Å². The highest BCUT2D eigenvalue weighted by molar-refractivity contribution is 6.04. The maximum Gasteiger partial charge on any atom is 0.255 e. The first-order valence-electron chi connectivity index (χ1n) is 6.53. The molecular formula is C17H13FN2O. The van der Waals surface area contributed by atoms with Gasteiger partial charge in [-0.15, -0.1) is 0 Å². The Bertz CT molecular complexity index is 766.